The predicted molar refractivity (Wildman–Crippen MR) is 157 cm³/mol. The Labute approximate surface area is 253 Å². The fourth-order valence-corrected chi connectivity index (χ4v) is 4.59. The van der Waals surface area contributed by atoms with Crippen molar-refractivity contribution in [3.05, 3.63) is 107 Å². The average molecular weight is 604 g/mol. The largest absolute Gasteiger partial charge is 0.493 e. The number of allylic oxidation sites excluding steroid dienone is 1. The van der Waals surface area contributed by atoms with Crippen LogP contribution in [0.5, 0.6) is 17.2 Å². The van der Waals surface area contributed by atoms with Crippen LogP contribution < -0.4 is 14.2 Å². The number of carbonyl (C=O) groups is 1. The van der Waals surface area contributed by atoms with Crippen LogP contribution in [0.15, 0.2) is 85.1 Å². The number of nitrogens with zero attached hydrogens (tertiary/aromatic N) is 3. The maximum Gasteiger partial charge on any atom is 0.185 e. The summed E-state index contributed by atoms with van der Waals surface area (Å²) >= 11 is 0. The summed E-state index contributed by atoms with van der Waals surface area (Å²) in [6, 6.07) is 21.8. The first-order valence-electron chi connectivity index (χ1n) is 13.9. The number of methoxy groups -OCH3 is 1. The first-order valence-corrected chi connectivity index (χ1v) is 13.9. The second-order valence-corrected chi connectivity index (χ2v) is 10.1. The monoisotopic (exact) mass is 603 g/mol. The molecule has 0 unspecified atom stereocenters. The summed E-state index contributed by atoms with van der Waals surface area (Å²) in [4.78, 5) is 12.8. The van der Waals surface area contributed by atoms with Gasteiger partial charge in [-0.05, 0) is 53.6 Å². The number of ether oxygens (including phenoxy) is 4. The molecule has 4 N–H and O–H groups in total. The molecule has 0 amide bonds. The Morgan fingerprint density at radius 3 is 2.43 bits per heavy atom. The molecule has 2 heterocycles. The highest BCUT2D eigenvalue weighted by Crippen LogP contribution is 2.30. The third kappa shape index (κ3) is 7.30. The van der Waals surface area contributed by atoms with Crippen LogP contribution in [0, 0.1) is 0 Å². The highest BCUT2D eigenvalue weighted by Gasteiger charge is 2.44. The fourth-order valence-electron chi connectivity index (χ4n) is 4.59. The molecule has 12 heteroatoms. The highest BCUT2D eigenvalue weighted by atomic mass is 16.6. The van der Waals surface area contributed by atoms with E-state index in [9.17, 15) is 25.2 Å². The first kappa shape index (κ1) is 30.9. The van der Waals surface area contributed by atoms with Crippen molar-refractivity contribution in [3.63, 3.8) is 0 Å². The van der Waals surface area contributed by atoms with Gasteiger partial charge in [-0.15, -0.1) is 5.10 Å². The van der Waals surface area contributed by atoms with E-state index in [1.165, 1.54) is 17.0 Å². The van der Waals surface area contributed by atoms with Gasteiger partial charge < -0.3 is 39.4 Å². The lowest BCUT2D eigenvalue weighted by molar-refractivity contribution is -0.254. The van der Waals surface area contributed by atoms with Gasteiger partial charge in [-0.25, -0.2) is 4.68 Å². The Hall–Kier alpha value is -4.59. The number of rotatable bonds is 12. The number of aliphatic hydroxyl groups excluding tert-OH is 4. The van der Waals surface area contributed by atoms with Crippen molar-refractivity contribution in [1.82, 2.24) is 15.0 Å². The lowest BCUT2D eigenvalue weighted by atomic mass is 9.98. The number of ketones is 1. The molecule has 12 nitrogen and oxygen atoms in total. The molecule has 0 spiro atoms. The quantitative estimate of drug-likeness (QED) is 0.139. The van der Waals surface area contributed by atoms with Gasteiger partial charge in [0.25, 0.3) is 0 Å². The van der Waals surface area contributed by atoms with Crippen LogP contribution in [0.25, 0.3) is 6.08 Å². The zero-order valence-electron chi connectivity index (χ0n) is 23.8. The van der Waals surface area contributed by atoms with Crippen molar-refractivity contribution >= 4 is 11.9 Å². The van der Waals surface area contributed by atoms with Gasteiger partial charge in [0, 0.05) is 5.56 Å². The SMILES string of the molecule is COc1ccc(/C=C/C(=O)c2ccc(OCc3cn([C@@H]4O[C@H](CO)[C@@H](O)[C@H](O)[C@H]4O)nn3)cc2)cc1OCc1ccccc1. The molecule has 4 aromatic rings. The van der Waals surface area contributed by atoms with E-state index in [0.717, 1.165) is 11.1 Å². The van der Waals surface area contributed by atoms with Gasteiger partial charge in [0.2, 0.25) is 0 Å². The van der Waals surface area contributed by atoms with Gasteiger partial charge >= 0.3 is 0 Å². The van der Waals surface area contributed by atoms with Crippen molar-refractivity contribution in [2.24, 2.45) is 0 Å². The Kier molecular flexibility index (Phi) is 10.00. The second kappa shape index (κ2) is 14.3. The third-order valence-electron chi connectivity index (χ3n) is 7.06. The summed E-state index contributed by atoms with van der Waals surface area (Å²) in [5, 5.41) is 47.5. The maximum absolute atomic E-state index is 12.8. The summed E-state index contributed by atoms with van der Waals surface area (Å²) in [6.07, 6.45) is -2.05. The summed E-state index contributed by atoms with van der Waals surface area (Å²) < 4.78 is 23.8. The van der Waals surface area contributed by atoms with Gasteiger partial charge in [0.1, 0.15) is 49.1 Å². The summed E-state index contributed by atoms with van der Waals surface area (Å²) in [5.74, 6) is 1.46. The molecule has 0 saturated carbocycles. The van der Waals surface area contributed by atoms with E-state index >= 15 is 0 Å². The Morgan fingerprint density at radius 1 is 0.932 bits per heavy atom. The van der Waals surface area contributed by atoms with Crippen LogP contribution in [0.3, 0.4) is 0 Å². The molecule has 1 aliphatic rings. The Balaban J connectivity index is 1.16. The van der Waals surface area contributed by atoms with Gasteiger partial charge in [0.05, 0.1) is 19.9 Å². The molecule has 5 atom stereocenters. The van der Waals surface area contributed by atoms with Crippen LogP contribution in [0.1, 0.15) is 33.4 Å². The average Bonchev–Trinajstić information content (AvgIpc) is 3.54. The summed E-state index contributed by atoms with van der Waals surface area (Å²) in [5.41, 5.74) is 2.67. The minimum absolute atomic E-state index is 0.0246. The topological polar surface area (TPSA) is 166 Å². The van der Waals surface area contributed by atoms with Crippen LogP contribution in [0.2, 0.25) is 0 Å². The molecule has 1 saturated heterocycles. The molecule has 1 aliphatic heterocycles. The number of carbonyl (C=O) groups excluding carboxylic acids is 1. The van der Waals surface area contributed by atoms with Crippen molar-refractivity contribution in [3.8, 4) is 17.2 Å². The Bertz CT molecular complexity index is 1560. The lowest BCUT2D eigenvalue weighted by Crippen LogP contribution is -2.56. The molecular weight excluding hydrogens is 570 g/mol. The van der Waals surface area contributed by atoms with Crippen molar-refractivity contribution in [2.45, 2.75) is 43.9 Å². The first-order chi connectivity index (χ1) is 21.4. The van der Waals surface area contributed by atoms with Crippen LogP contribution in [-0.4, -0.2) is 79.3 Å². The third-order valence-corrected chi connectivity index (χ3v) is 7.06. The van der Waals surface area contributed by atoms with Gasteiger partial charge in [-0.1, -0.05) is 47.7 Å². The number of aliphatic hydroxyl groups is 4. The van der Waals surface area contributed by atoms with E-state index in [2.05, 4.69) is 10.3 Å². The van der Waals surface area contributed by atoms with E-state index in [1.807, 2.05) is 42.5 Å². The van der Waals surface area contributed by atoms with Crippen LogP contribution >= 0.6 is 0 Å². The molecule has 0 bridgehead atoms. The van der Waals surface area contributed by atoms with Gasteiger partial charge in [-0.3, -0.25) is 4.79 Å². The second-order valence-electron chi connectivity index (χ2n) is 10.1. The van der Waals surface area contributed by atoms with Crippen molar-refractivity contribution in [1.29, 1.82) is 0 Å². The molecule has 0 aliphatic carbocycles. The van der Waals surface area contributed by atoms with Crippen molar-refractivity contribution < 1.29 is 44.2 Å². The van der Waals surface area contributed by atoms with E-state index in [-0.39, 0.29) is 12.4 Å². The summed E-state index contributed by atoms with van der Waals surface area (Å²) in [6.45, 7) is -0.141. The minimum atomic E-state index is -1.53. The zero-order valence-corrected chi connectivity index (χ0v) is 23.8. The number of hydrogen-bond donors (Lipinski definition) is 4. The van der Waals surface area contributed by atoms with Gasteiger partial charge in [0.15, 0.2) is 23.5 Å². The van der Waals surface area contributed by atoms with E-state index in [1.54, 1.807) is 43.5 Å². The van der Waals surface area contributed by atoms with E-state index < -0.39 is 37.3 Å². The fraction of sp³-hybridized carbons (Fsp3) is 0.281. The molecular formula is C32H33N3O9. The minimum Gasteiger partial charge on any atom is -0.493 e. The molecule has 44 heavy (non-hydrogen) atoms. The smallest absolute Gasteiger partial charge is 0.185 e. The Morgan fingerprint density at radius 2 is 1.70 bits per heavy atom. The summed E-state index contributed by atoms with van der Waals surface area (Å²) in [7, 11) is 1.57. The molecule has 230 valence electrons. The van der Waals surface area contributed by atoms with E-state index in [0.29, 0.717) is 35.1 Å². The zero-order chi connectivity index (χ0) is 31.1. The van der Waals surface area contributed by atoms with Gasteiger partial charge in [-0.2, -0.15) is 0 Å². The number of hydrogen-bond acceptors (Lipinski definition) is 11. The normalized spacial score (nSPS) is 21.7. The highest BCUT2D eigenvalue weighted by molar-refractivity contribution is 6.06. The number of aromatic nitrogens is 3. The van der Waals surface area contributed by atoms with Crippen molar-refractivity contribution in [2.75, 3.05) is 13.7 Å². The predicted octanol–water partition coefficient (Wildman–Crippen LogP) is 2.31. The maximum atomic E-state index is 12.8. The van der Waals surface area contributed by atoms with E-state index in [4.69, 9.17) is 18.9 Å². The molecule has 1 fully saturated rings. The molecule has 0 radical (unpaired) electrons. The van der Waals surface area contributed by atoms with Crippen LogP contribution in [0.4, 0.5) is 0 Å². The van der Waals surface area contributed by atoms with Crippen LogP contribution in [-0.2, 0) is 18.0 Å². The lowest BCUT2D eigenvalue weighted by Gasteiger charge is -2.39. The molecule has 1 aromatic heterocycles. The molecule has 5 rings (SSSR count). The standard InChI is InChI=1S/C32H33N3O9/c1-41-26-14-8-20(15-27(26)43-18-21-5-3-2-4-6-21)7-13-25(37)22-9-11-24(12-10-22)42-19-23-16-35(34-33-23)32-31(40)30(39)29(38)28(17-36)44-32/h2-16,28-32,36,38-40H,17-19H2,1H3/b13-7+/t28-,29-,30+,31-,32-/m1/s1. The molecule has 3 aromatic carbocycles. The number of benzene rings is 3.